The molecule has 1 aliphatic rings. The predicted molar refractivity (Wildman–Crippen MR) is 109 cm³/mol. The van der Waals surface area contributed by atoms with E-state index in [4.69, 9.17) is 30.8 Å². The van der Waals surface area contributed by atoms with Crippen LogP contribution in [0.25, 0.3) is 22.1 Å². The van der Waals surface area contributed by atoms with Crippen LogP contribution in [-0.4, -0.2) is 29.3 Å². The first-order valence-corrected chi connectivity index (χ1v) is 8.93. The second-order valence-electron chi connectivity index (χ2n) is 7.05. The van der Waals surface area contributed by atoms with Crippen LogP contribution >= 0.6 is 0 Å². The minimum atomic E-state index is -1.29. The number of fused-ring (bicyclic) bond motifs is 4. The topological polar surface area (TPSA) is 149 Å². The fourth-order valence-corrected chi connectivity index (χ4v) is 3.21. The van der Waals surface area contributed by atoms with E-state index >= 15 is 0 Å². The Morgan fingerprint density at radius 1 is 1.14 bits per heavy atom. The number of ether oxygens (including phenoxy) is 1. The molecule has 152 valence electrons. The number of benzene rings is 2. The summed E-state index contributed by atoms with van der Waals surface area (Å²) in [4.78, 5) is 23.4. The van der Waals surface area contributed by atoms with Gasteiger partial charge in [-0.25, -0.2) is 4.79 Å². The van der Waals surface area contributed by atoms with E-state index in [1.54, 1.807) is 18.2 Å². The lowest BCUT2D eigenvalue weighted by Gasteiger charge is -2.35. The second kappa shape index (κ2) is 7.57. The lowest BCUT2D eigenvalue weighted by molar-refractivity contribution is 0.0662. The third-order valence-corrected chi connectivity index (χ3v) is 4.52. The average molecular weight is 398 g/mol. The number of aliphatic hydroxyl groups excluding tert-OH is 1. The van der Waals surface area contributed by atoms with Crippen LogP contribution in [0.5, 0.6) is 5.75 Å². The number of hydrogen-bond donors (Lipinski definition) is 4. The van der Waals surface area contributed by atoms with Gasteiger partial charge < -0.3 is 30.8 Å². The maximum atomic E-state index is 12.3. The number of hydrogen-bond acceptors (Lipinski definition) is 7. The summed E-state index contributed by atoms with van der Waals surface area (Å²) in [6.07, 6.45) is 0. The Labute approximate surface area is 166 Å². The summed E-state index contributed by atoms with van der Waals surface area (Å²) in [5, 5.41) is 17.1. The van der Waals surface area contributed by atoms with Crippen molar-refractivity contribution in [2.75, 3.05) is 18.9 Å². The number of nitrogen functional groups attached to an aromatic ring is 1. The lowest BCUT2D eigenvalue weighted by atomic mass is 9.85. The molecule has 0 aliphatic carbocycles. The summed E-state index contributed by atoms with van der Waals surface area (Å²) in [6.45, 7) is 4.31. The van der Waals surface area contributed by atoms with E-state index in [9.17, 15) is 9.59 Å². The van der Waals surface area contributed by atoms with Crippen molar-refractivity contribution in [2.24, 2.45) is 5.73 Å². The van der Waals surface area contributed by atoms with Crippen LogP contribution < -0.4 is 21.6 Å². The van der Waals surface area contributed by atoms with Gasteiger partial charge in [-0.2, -0.15) is 0 Å². The molecule has 8 heteroatoms. The largest absolute Gasteiger partial charge is 0.482 e. The molecule has 2 heterocycles. The Kier molecular flexibility index (Phi) is 5.32. The van der Waals surface area contributed by atoms with Gasteiger partial charge in [-0.3, -0.25) is 4.79 Å². The van der Waals surface area contributed by atoms with Crippen LogP contribution in [0.4, 0.5) is 5.69 Å². The summed E-state index contributed by atoms with van der Waals surface area (Å²) in [5.74, 6) is -1.17. The van der Waals surface area contributed by atoms with Gasteiger partial charge in [-0.1, -0.05) is 6.07 Å². The minimum Gasteiger partial charge on any atom is -0.482 e. The van der Waals surface area contributed by atoms with E-state index in [0.717, 1.165) is 22.8 Å². The van der Waals surface area contributed by atoms with Gasteiger partial charge in [-0.05, 0) is 37.6 Å². The first-order chi connectivity index (χ1) is 13.7. The molecular weight excluding hydrogens is 376 g/mol. The fraction of sp³-hybridized carbons (Fsp3) is 0.238. The van der Waals surface area contributed by atoms with E-state index in [0.29, 0.717) is 23.4 Å². The lowest BCUT2D eigenvalue weighted by Crippen LogP contribution is -2.29. The molecule has 1 aromatic heterocycles. The zero-order chi connectivity index (χ0) is 21.3. The highest BCUT2D eigenvalue weighted by Gasteiger charge is 2.33. The number of carboxylic acids is 1. The van der Waals surface area contributed by atoms with Gasteiger partial charge in [0.25, 0.3) is 0 Å². The predicted octanol–water partition coefficient (Wildman–Crippen LogP) is 2.31. The maximum Gasteiger partial charge on any atom is 0.371 e. The van der Waals surface area contributed by atoms with E-state index in [1.807, 2.05) is 26.0 Å². The molecule has 4 rings (SSSR count). The molecule has 8 nitrogen and oxygen atoms in total. The molecule has 0 amide bonds. The quantitative estimate of drug-likeness (QED) is 0.480. The number of carboxylic acid groups (broad SMARTS) is 1. The van der Waals surface area contributed by atoms with Crippen LogP contribution in [0.15, 0.2) is 45.6 Å². The van der Waals surface area contributed by atoms with Crippen LogP contribution in [0.2, 0.25) is 0 Å². The Morgan fingerprint density at radius 3 is 2.45 bits per heavy atom. The monoisotopic (exact) mass is 398 g/mol. The molecule has 29 heavy (non-hydrogen) atoms. The normalized spacial score (nSPS) is 13.5. The smallest absolute Gasteiger partial charge is 0.371 e. The van der Waals surface area contributed by atoms with Gasteiger partial charge in [0.2, 0.25) is 5.76 Å². The minimum absolute atomic E-state index is 0.0972. The van der Waals surface area contributed by atoms with Gasteiger partial charge in [0, 0.05) is 35.5 Å². The van der Waals surface area contributed by atoms with Gasteiger partial charge in [0.1, 0.15) is 16.9 Å². The van der Waals surface area contributed by atoms with Gasteiger partial charge in [-0.15, -0.1) is 0 Å². The molecular formula is C21H22N2O6. The Bertz CT molecular complexity index is 1150. The molecule has 3 aromatic rings. The van der Waals surface area contributed by atoms with Crippen LogP contribution in [0.3, 0.4) is 0 Å². The Hall–Kier alpha value is -3.36. The van der Waals surface area contributed by atoms with E-state index in [2.05, 4.69) is 0 Å². The molecule has 0 radical (unpaired) electrons. The highest BCUT2D eigenvalue weighted by atomic mass is 16.5. The molecule has 2 aromatic carbocycles. The summed E-state index contributed by atoms with van der Waals surface area (Å²) in [6, 6.07) is 9.77. The van der Waals surface area contributed by atoms with Crippen molar-refractivity contribution in [1.82, 2.24) is 0 Å². The molecule has 0 atom stereocenters. The zero-order valence-electron chi connectivity index (χ0n) is 16.1. The third-order valence-electron chi connectivity index (χ3n) is 4.52. The summed E-state index contributed by atoms with van der Waals surface area (Å²) < 4.78 is 11.4. The van der Waals surface area contributed by atoms with E-state index in [-0.39, 0.29) is 12.2 Å². The summed E-state index contributed by atoms with van der Waals surface area (Å²) in [7, 11) is 0. The number of aromatic carboxylic acids is 1. The number of aliphatic hydroxyl groups is 1. The highest BCUT2D eigenvalue weighted by Crippen LogP contribution is 2.46. The van der Waals surface area contributed by atoms with Crippen molar-refractivity contribution in [3.63, 3.8) is 0 Å². The fourth-order valence-electron chi connectivity index (χ4n) is 3.21. The molecule has 6 N–H and O–H groups in total. The number of rotatable bonds is 2. The number of anilines is 1. The van der Waals surface area contributed by atoms with Crippen molar-refractivity contribution in [3.8, 4) is 16.9 Å². The standard InChI is InChI=1S/C19H15NO5.C2H7NO/c1-19(2)13-5-9(20)3-4-10(13)11-6-12-14(21)7-17(18(22)23)24-15(12)8-16(11)25-19;3-1-2-4/h3-8H,20H2,1-2H3,(H,22,23);4H,1-3H2. The van der Waals surface area contributed by atoms with Crippen LogP contribution in [-0.2, 0) is 5.60 Å². The summed E-state index contributed by atoms with van der Waals surface area (Å²) >= 11 is 0. The van der Waals surface area contributed by atoms with E-state index < -0.39 is 22.8 Å². The number of carbonyl (C=O) groups is 1. The van der Waals surface area contributed by atoms with Crippen molar-refractivity contribution in [1.29, 1.82) is 0 Å². The maximum absolute atomic E-state index is 12.3. The van der Waals surface area contributed by atoms with Crippen molar-refractivity contribution in [2.45, 2.75) is 19.4 Å². The molecule has 0 saturated heterocycles. The zero-order valence-corrected chi connectivity index (χ0v) is 16.1. The SMILES string of the molecule is CC1(C)Oc2cc3oc(C(=O)O)cc(=O)c3cc2-c2ccc(N)cc21.NCCO. The van der Waals surface area contributed by atoms with Crippen LogP contribution in [0.1, 0.15) is 30.0 Å². The second-order valence-corrected chi connectivity index (χ2v) is 7.05. The van der Waals surface area contributed by atoms with Gasteiger partial charge >= 0.3 is 5.97 Å². The Morgan fingerprint density at radius 2 is 1.83 bits per heavy atom. The Balaban J connectivity index is 0.000000552. The molecule has 0 fully saturated rings. The van der Waals surface area contributed by atoms with Gasteiger partial charge in [0.05, 0.1) is 12.0 Å². The number of nitrogens with two attached hydrogens (primary N) is 2. The molecule has 1 aliphatic heterocycles. The molecule has 0 saturated carbocycles. The van der Waals surface area contributed by atoms with Crippen molar-refractivity contribution in [3.05, 3.63) is 57.9 Å². The van der Waals surface area contributed by atoms with E-state index in [1.165, 1.54) is 0 Å². The average Bonchev–Trinajstić information content (AvgIpc) is 2.67. The summed E-state index contributed by atoms with van der Waals surface area (Å²) in [5.41, 5.74) is 13.0. The van der Waals surface area contributed by atoms with Gasteiger partial charge in [0.15, 0.2) is 5.43 Å². The van der Waals surface area contributed by atoms with Crippen LogP contribution in [0, 0.1) is 0 Å². The molecule has 0 unspecified atom stereocenters. The van der Waals surface area contributed by atoms with Crippen molar-refractivity contribution >= 4 is 22.6 Å². The van der Waals surface area contributed by atoms with Crippen molar-refractivity contribution < 1.29 is 24.2 Å². The molecule has 0 spiro atoms. The first kappa shape index (κ1) is 20.4. The first-order valence-electron chi connectivity index (χ1n) is 8.93. The third kappa shape index (κ3) is 3.80. The highest BCUT2D eigenvalue weighted by molar-refractivity contribution is 5.92. The molecule has 0 bridgehead atoms.